The number of benzene rings is 2. The number of carbonyl (C=O) groups excluding carboxylic acids is 1. The Morgan fingerprint density at radius 1 is 1.12 bits per heavy atom. The Kier molecular flexibility index (Phi) is 4.21. The molecule has 1 aromatic heterocycles. The second kappa shape index (κ2) is 6.66. The highest BCUT2D eigenvalue weighted by atomic mass is 16.1. The van der Waals surface area contributed by atoms with E-state index >= 15 is 0 Å². The molecule has 1 aliphatic heterocycles. The summed E-state index contributed by atoms with van der Waals surface area (Å²) in [6.07, 6.45) is 0. The smallest absolute Gasteiger partial charge is 0.250 e. The van der Waals surface area contributed by atoms with Crippen LogP contribution in [-0.4, -0.2) is 47.0 Å². The number of amides is 1. The number of hydrogen-bond acceptors (Lipinski definition) is 4. The van der Waals surface area contributed by atoms with Crippen molar-refractivity contribution in [2.75, 3.05) is 26.2 Å². The Bertz CT molecular complexity index is 894. The fourth-order valence-corrected chi connectivity index (χ4v) is 3.26. The number of primary amides is 1. The van der Waals surface area contributed by atoms with E-state index in [0.717, 1.165) is 49.6 Å². The third-order valence-electron chi connectivity index (χ3n) is 4.62. The number of nitrogens with zero attached hydrogens (tertiary/aromatic N) is 2. The molecule has 0 spiro atoms. The zero-order valence-corrected chi connectivity index (χ0v) is 14.0. The van der Waals surface area contributed by atoms with E-state index < -0.39 is 5.91 Å². The maximum Gasteiger partial charge on any atom is 0.250 e. The average molecular weight is 335 g/mol. The molecule has 6 nitrogen and oxygen atoms in total. The third kappa shape index (κ3) is 3.26. The van der Waals surface area contributed by atoms with E-state index in [1.807, 2.05) is 6.07 Å². The first kappa shape index (κ1) is 15.8. The molecule has 1 amide bonds. The van der Waals surface area contributed by atoms with Gasteiger partial charge in [0.2, 0.25) is 0 Å². The number of hydrogen-bond donors (Lipinski definition) is 3. The number of para-hydroxylation sites is 1. The van der Waals surface area contributed by atoms with E-state index in [4.69, 9.17) is 5.73 Å². The summed E-state index contributed by atoms with van der Waals surface area (Å²) in [5.41, 5.74) is 9.60. The van der Waals surface area contributed by atoms with Crippen LogP contribution in [0.15, 0.2) is 42.5 Å². The van der Waals surface area contributed by atoms with Gasteiger partial charge in [0, 0.05) is 38.3 Å². The van der Waals surface area contributed by atoms with E-state index in [1.165, 1.54) is 5.56 Å². The van der Waals surface area contributed by atoms with Crippen molar-refractivity contribution in [3.63, 3.8) is 0 Å². The van der Waals surface area contributed by atoms with Crippen LogP contribution in [0.1, 0.15) is 15.9 Å². The van der Waals surface area contributed by atoms with E-state index in [0.29, 0.717) is 11.1 Å². The standard InChI is InChI=1S/C19H21N5O/c20-18(25)15-2-1-3-16-17(15)23-19(22-16)14-6-4-13(5-7-14)12-24-10-8-21-9-11-24/h1-7,21H,8-12H2,(H2,20,25)(H,22,23). The van der Waals surface area contributed by atoms with Crippen LogP contribution in [0.2, 0.25) is 0 Å². The summed E-state index contributed by atoms with van der Waals surface area (Å²) in [5, 5.41) is 3.37. The van der Waals surface area contributed by atoms with E-state index in [-0.39, 0.29) is 0 Å². The average Bonchev–Trinajstić information content (AvgIpc) is 3.07. The topological polar surface area (TPSA) is 87.0 Å². The first-order valence-corrected chi connectivity index (χ1v) is 8.51. The summed E-state index contributed by atoms with van der Waals surface area (Å²) in [6.45, 7) is 5.24. The van der Waals surface area contributed by atoms with Crippen molar-refractivity contribution in [2.24, 2.45) is 5.73 Å². The highest BCUT2D eigenvalue weighted by Gasteiger charge is 2.13. The van der Waals surface area contributed by atoms with E-state index in [9.17, 15) is 4.79 Å². The Morgan fingerprint density at radius 3 is 2.60 bits per heavy atom. The van der Waals surface area contributed by atoms with Crippen LogP contribution in [0.5, 0.6) is 0 Å². The molecule has 0 bridgehead atoms. The molecule has 3 aromatic rings. The van der Waals surface area contributed by atoms with Crippen LogP contribution < -0.4 is 11.1 Å². The van der Waals surface area contributed by atoms with Crippen LogP contribution in [0.3, 0.4) is 0 Å². The minimum atomic E-state index is -0.463. The van der Waals surface area contributed by atoms with Crippen molar-refractivity contribution in [2.45, 2.75) is 6.54 Å². The molecule has 0 unspecified atom stereocenters. The Balaban J connectivity index is 1.58. The predicted molar refractivity (Wildman–Crippen MR) is 98.2 cm³/mol. The first-order valence-electron chi connectivity index (χ1n) is 8.51. The van der Waals surface area contributed by atoms with Gasteiger partial charge in [0.05, 0.1) is 11.1 Å². The second-order valence-corrected chi connectivity index (χ2v) is 6.37. The number of fused-ring (bicyclic) bond motifs is 1. The largest absolute Gasteiger partial charge is 0.366 e. The lowest BCUT2D eigenvalue weighted by atomic mass is 10.1. The number of rotatable bonds is 4. The Morgan fingerprint density at radius 2 is 1.88 bits per heavy atom. The molecule has 0 radical (unpaired) electrons. The lowest BCUT2D eigenvalue weighted by Crippen LogP contribution is -2.42. The van der Waals surface area contributed by atoms with Gasteiger partial charge in [-0.15, -0.1) is 0 Å². The molecule has 4 N–H and O–H groups in total. The van der Waals surface area contributed by atoms with Gasteiger partial charge in [0.1, 0.15) is 11.3 Å². The summed E-state index contributed by atoms with van der Waals surface area (Å²) in [7, 11) is 0. The summed E-state index contributed by atoms with van der Waals surface area (Å²) in [5.74, 6) is 0.285. The minimum Gasteiger partial charge on any atom is -0.366 e. The molecule has 2 aromatic carbocycles. The number of imidazole rings is 1. The van der Waals surface area contributed by atoms with E-state index in [1.54, 1.807) is 12.1 Å². The SMILES string of the molecule is NC(=O)c1cccc2[nH]c(-c3ccc(CN4CCNCC4)cc3)nc12. The lowest BCUT2D eigenvalue weighted by molar-refractivity contribution is 0.100. The van der Waals surface area contributed by atoms with Crippen molar-refractivity contribution in [3.8, 4) is 11.4 Å². The molecule has 4 rings (SSSR count). The highest BCUT2D eigenvalue weighted by molar-refractivity contribution is 6.04. The fourth-order valence-electron chi connectivity index (χ4n) is 3.26. The second-order valence-electron chi connectivity index (χ2n) is 6.37. The van der Waals surface area contributed by atoms with Crippen molar-refractivity contribution < 1.29 is 4.79 Å². The minimum absolute atomic E-state index is 0.440. The molecule has 0 saturated carbocycles. The van der Waals surface area contributed by atoms with Gasteiger partial charge in [0.25, 0.3) is 5.91 Å². The molecule has 1 saturated heterocycles. The monoisotopic (exact) mass is 335 g/mol. The molecular formula is C19H21N5O. The highest BCUT2D eigenvalue weighted by Crippen LogP contribution is 2.23. The molecule has 1 aliphatic rings. The number of aromatic nitrogens is 2. The van der Waals surface area contributed by atoms with Crippen LogP contribution in [-0.2, 0) is 6.54 Å². The number of carbonyl (C=O) groups is 1. The predicted octanol–water partition coefficient (Wildman–Crippen LogP) is 1.73. The van der Waals surface area contributed by atoms with E-state index in [2.05, 4.69) is 44.5 Å². The van der Waals surface area contributed by atoms with Crippen molar-refractivity contribution >= 4 is 16.9 Å². The zero-order valence-electron chi connectivity index (χ0n) is 14.0. The first-order chi connectivity index (χ1) is 12.2. The third-order valence-corrected chi connectivity index (χ3v) is 4.62. The number of aromatic amines is 1. The maximum absolute atomic E-state index is 11.6. The summed E-state index contributed by atoms with van der Waals surface area (Å²) in [6, 6.07) is 13.8. The number of H-pyrrole nitrogens is 1. The van der Waals surface area contributed by atoms with Gasteiger partial charge in [-0.05, 0) is 17.7 Å². The Hall–Kier alpha value is -2.70. The summed E-state index contributed by atoms with van der Waals surface area (Å²) >= 11 is 0. The summed E-state index contributed by atoms with van der Waals surface area (Å²) in [4.78, 5) is 21.8. The quantitative estimate of drug-likeness (QED) is 0.678. The molecule has 0 atom stereocenters. The molecule has 1 fully saturated rings. The maximum atomic E-state index is 11.6. The van der Waals surface area contributed by atoms with Gasteiger partial charge in [-0.1, -0.05) is 30.3 Å². The van der Waals surface area contributed by atoms with Crippen LogP contribution in [0.4, 0.5) is 0 Å². The lowest BCUT2D eigenvalue weighted by Gasteiger charge is -2.27. The van der Waals surface area contributed by atoms with Gasteiger partial charge in [-0.25, -0.2) is 4.98 Å². The van der Waals surface area contributed by atoms with Gasteiger partial charge in [-0.3, -0.25) is 9.69 Å². The molecular weight excluding hydrogens is 314 g/mol. The Labute approximate surface area is 146 Å². The molecule has 2 heterocycles. The van der Waals surface area contributed by atoms with Gasteiger partial charge < -0.3 is 16.0 Å². The van der Waals surface area contributed by atoms with Gasteiger partial charge >= 0.3 is 0 Å². The van der Waals surface area contributed by atoms with Crippen molar-refractivity contribution in [1.82, 2.24) is 20.2 Å². The van der Waals surface area contributed by atoms with Crippen molar-refractivity contribution in [3.05, 3.63) is 53.6 Å². The van der Waals surface area contributed by atoms with Crippen LogP contribution >= 0.6 is 0 Å². The molecule has 6 heteroatoms. The zero-order chi connectivity index (χ0) is 17.2. The normalized spacial score (nSPS) is 15.5. The van der Waals surface area contributed by atoms with Gasteiger partial charge in [-0.2, -0.15) is 0 Å². The molecule has 128 valence electrons. The van der Waals surface area contributed by atoms with Crippen LogP contribution in [0.25, 0.3) is 22.4 Å². The molecule has 0 aliphatic carbocycles. The van der Waals surface area contributed by atoms with Crippen molar-refractivity contribution in [1.29, 1.82) is 0 Å². The summed E-state index contributed by atoms with van der Waals surface area (Å²) < 4.78 is 0. The van der Waals surface area contributed by atoms with Crippen LogP contribution in [0, 0.1) is 0 Å². The number of nitrogens with one attached hydrogen (secondary N) is 2. The van der Waals surface area contributed by atoms with Gasteiger partial charge in [0.15, 0.2) is 0 Å². The fraction of sp³-hybridized carbons (Fsp3) is 0.263. The number of piperazine rings is 1. The number of nitrogens with two attached hydrogens (primary N) is 1. The molecule has 25 heavy (non-hydrogen) atoms.